The van der Waals surface area contributed by atoms with Crippen molar-refractivity contribution >= 4 is 0 Å². The van der Waals surface area contributed by atoms with Crippen LogP contribution >= 0.6 is 0 Å². The van der Waals surface area contributed by atoms with E-state index in [1.807, 2.05) is 0 Å². The summed E-state index contributed by atoms with van der Waals surface area (Å²) >= 11 is 0. The second-order valence-electron chi connectivity index (χ2n) is 4.95. The molecule has 96 valence electrons. The Morgan fingerprint density at radius 3 is 2.81 bits per heavy atom. The molecule has 1 fully saturated rings. The van der Waals surface area contributed by atoms with Crippen LogP contribution in [0.5, 0.6) is 0 Å². The Hall–Kier alpha value is -0.120. The van der Waals surface area contributed by atoms with Gasteiger partial charge in [0.2, 0.25) is 0 Å². The average Bonchev–Trinajstić information content (AvgIpc) is 2.30. The summed E-state index contributed by atoms with van der Waals surface area (Å²) in [7, 11) is 1.79. The van der Waals surface area contributed by atoms with Gasteiger partial charge in [-0.25, -0.2) is 0 Å². The van der Waals surface area contributed by atoms with Crippen molar-refractivity contribution in [2.24, 2.45) is 0 Å². The Labute approximate surface area is 101 Å². The van der Waals surface area contributed by atoms with Crippen molar-refractivity contribution in [3.8, 4) is 0 Å². The molecule has 16 heavy (non-hydrogen) atoms. The normalized spacial score (nSPS) is 23.6. The second kappa shape index (κ2) is 8.04. The lowest BCUT2D eigenvalue weighted by atomic mass is 10.0. The summed E-state index contributed by atoms with van der Waals surface area (Å²) in [5.74, 6) is 0. The minimum Gasteiger partial charge on any atom is -0.383 e. The van der Waals surface area contributed by atoms with E-state index >= 15 is 0 Å². The summed E-state index contributed by atoms with van der Waals surface area (Å²) in [5, 5.41) is 3.62. The van der Waals surface area contributed by atoms with E-state index in [9.17, 15) is 0 Å². The van der Waals surface area contributed by atoms with Gasteiger partial charge in [-0.15, -0.1) is 0 Å². The topological polar surface area (TPSA) is 24.5 Å². The van der Waals surface area contributed by atoms with Crippen LogP contribution in [0.4, 0.5) is 0 Å². The second-order valence-corrected chi connectivity index (χ2v) is 4.95. The summed E-state index contributed by atoms with van der Waals surface area (Å²) in [5.41, 5.74) is 0. The van der Waals surface area contributed by atoms with Crippen LogP contribution in [0.15, 0.2) is 0 Å². The molecule has 1 aliphatic rings. The third-order valence-corrected chi connectivity index (χ3v) is 3.41. The van der Waals surface area contributed by atoms with Crippen molar-refractivity contribution in [2.45, 2.75) is 51.6 Å². The van der Waals surface area contributed by atoms with Crippen LogP contribution in [0.2, 0.25) is 0 Å². The van der Waals surface area contributed by atoms with Gasteiger partial charge in [-0.2, -0.15) is 0 Å². The quantitative estimate of drug-likeness (QED) is 0.720. The first-order valence-electron chi connectivity index (χ1n) is 6.74. The van der Waals surface area contributed by atoms with Crippen molar-refractivity contribution in [3.63, 3.8) is 0 Å². The van der Waals surface area contributed by atoms with Crippen LogP contribution in [0.25, 0.3) is 0 Å². The Morgan fingerprint density at radius 1 is 1.44 bits per heavy atom. The van der Waals surface area contributed by atoms with Gasteiger partial charge in [0, 0.05) is 25.7 Å². The van der Waals surface area contributed by atoms with Gasteiger partial charge in [0.25, 0.3) is 0 Å². The number of ether oxygens (including phenoxy) is 1. The van der Waals surface area contributed by atoms with Gasteiger partial charge < -0.3 is 10.1 Å². The molecule has 0 aromatic carbocycles. The van der Waals surface area contributed by atoms with Crippen molar-refractivity contribution in [1.82, 2.24) is 10.2 Å². The standard InChI is InChI=1S/C13H28N2O/c1-4-9-15(12(2)11-16-3)10-13-7-5-6-8-14-13/h12-14H,4-11H2,1-3H3. The molecule has 0 aromatic heterocycles. The summed E-state index contributed by atoms with van der Waals surface area (Å²) in [4.78, 5) is 2.56. The summed E-state index contributed by atoms with van der Waals surface area (Å²) < 4.78 is 5.26. The van der Waals surface area contributed by atoms with Gasteiger partial charge in [-0.3, -0.25) is 4.90 Å². The zero-order valence-electron chi connectivity index (χ0n) is 11.2. The number of nitrogens with zero attached hydrogens (tertiary/aromatic N) is 1. The Bertz CT molecular complexity index is 169. The van der Waals surface area contributed by atoms with E-state index in [0.717, 1.165) is 6.61 Å². The first-order chi connectivity index (χ1) is 7.77. The zero-order valence-corrected chi connectivity index (χ0v) is 11.2. The van der Waals surface area contributed by atoms with Crippen molar-refractivity contribution < 1.29 is 4.74 Å². The predicted octanol–water partition coefficient (Wildman–Crippen LogP) is 1.88. The van der Waals surface area contributed by atoms with Crippen molar-refractivity contribution in [2.75, 3.05) is 33.4 Å². The average molecular weight is 228 g/mol. The largest absolute Gasteiger partial charge is 0.383 e. The molecule has 0 spiro atoms. The molecule has 1 heterocycles. The third-order valence-electron chi connectivity index (χ3n) is 3.41. The summed E-state index contributed by atoms with van der Waals surface area (Å²) in [6.45, 7) is 8.92. The van der Waals surface area contributed by atoms with E-state index in [0.29, 0.717) is 12.1 Å². The van der Waals surface area contributed by atoms with Gasteiger partial charge in [-0.05, 0) is 39.3 Å². The molecule has 0 aliphatic carbocycles. The number of methoxy groups -OCH3 is 1. The molecular weight excluding hydrogens is 200 g/mol. The smallest absolute Gasteiger partial charge is 0.0615 e. The monoisotopic (exact) mass is 228 g/mol. The first-order valence-corrected chi connectivity index (χ1v) is 6.74. The van der Waals surface area contributed by atoms with Gasteiger partial charge in [0.1, 0.15) is 0 Å². The lowest BCUT2D eigenvalue weighted by Gasteiger charge is -2.34. The fourth-order valence-corrected chi connectivity index (χ4v) is 2.49. The highest BCUT2D eigenvalue weighted by atomic mass is 16.5. The highest BCUT2D eigenvalue weighted by Crippen LogP contribution is 2.11. The fourth-order valence-electron chi connectivity index (χ4n) is 2.49. The van der Waals surface area contributed by atoms with Gasteiger partial charge in [-0.1, -0.05) is 13.3 Å². The molecule has 0 aromatic rings. The highest BCUT2D eigenvalue weighted by molar-refractivity contribution is 4.78. The number of hydrogen-bond acceptors (Lipinski definition) is 3. The van der Waals surface area contributed by atoms with Crippen LogP contribution in [-0.2, 0) is 4.74 Å². The summed E-state index contributed by atoms with van der Waals surface area (Å²) in [6.07, 6.45) is 5.29. The maximum Gasteiger partial charge on any atom is 0.0615 e. The number of rotatable bonds is 7. The van der Waals surface area contributed by atoms with E-state index in [4.69, 9.17) is 4.74 Å². The van der Waals surface area contributed by atoms with E-state index in [2.05, 4.69) is 24.1 Å². The molecule has 2 atom stereocenters. The maximum absolute atomic E-state index is 5.26. The molecule has 1 rings (SSSR count). The van der Waals surface area contributed by atoms with E-state index < -0.39 is 0 Å². The minimum absolute atomic E-state index is 0.536. The van der Waals surface area contributed by atoms with Crippen LogP contribution in [-0.4, -0.2) is 50.3 Å². The van der Waals surface area contributed by atoms with Crippen LogP contribution in [0.1, 0.15) is 39.5 Å². The molecular formula is C13H28N2O. The molecule has 3 nitrogen and oxygen atoms in total. The Morgan fingerprint density at radius 2 is 2.25 bits per heavy atom. The molecule has 2 unspecified atom stereocenters. The summed E-state index contributed by atoms with van der Waals surface area (Å²) in [6, 6.07) is 1.23. The lowest BCUT2D eigenvalue weighted by molar-refractivity contribution is 0.0892. The fraction of sp³-hybridized carbons (Fsp3) is 1.00. The maximum atomic E-state index is 5.26. The van der Waals surface area contributed by atoms with Crippen molar-refractivity contribution in [1.29, 1.82) is 0 Å². The molecule has 0 radical (unpaired) electrons. The molecule has 0 saturated carbocycles. The number of hydrogen-bond donors (Lipinski definition) is 1. The molecule has 1 saturated heterocycles. The van der Waals surface area contributed by atoms with E-state index in [1.54, 1.807) is 7.11 Å². The van der Waals surface area contributed by atoms with Crippen LogP contribution in [0, 0.1) is 0 Å². The molecule has 0 bridgehead atoms. The third kappa shape index (κ3) is 4.81. The predicted molar refractivity (Wildman–Crippen MR) is 68.8 cm³/mol. The highest BCUT2D eigenvalue weighted by Gasteiger charge is 2.19. The van der Waals surface area contributed by atoms with Gasteiger partial charge in [0.15, 0.2) is 0 Å². The Kier molecular flexibility index (Phi) is 7.01. The number of nitrogens with one attached hydrogen (secondary N) is 1. The van der Waals surface area contributed by atoms with Gasteiger partial charge >= 0.3 is 0 Å². The zero-order chi connectivity index (χ0) is 11.8. The van der Waals surface area contributed by atoms with Crippen LogP contribution < -0.4 is 5.32 Å². The van der Waals surface area contributed by atoms with Crippen LogP contribution in [0.3, 0.4) is 0 Å². The lowest BCUT2D eigenvalue weighted by Crippen LogP contribution is -2.47. The molecule has 0 amide bonds. The van der Waals surface area contributed by atoms with Gasteiger partial charge in [0.05, 0.1) is 6.61 Å². The number of piperidine rings is 1. The first kappa shape index (κ1) is 13.9. The molecule has 3 heteroatoms. The Balaban J connectivity index is 2.35. The molecule has 1 N–H and O–H groups in total. The minimum atomic E-state index is 0.536. The van der Waals surface area contributed by atoms with E-state index in [1.165, 1.54) is 45.3 Å². The SMILES string of the molecule is CCCN(CC1CCCCN1)C(C)COC. The van der Waals surface area contributed by atoms with E-state index in [-0.39, 0.29) is 0 Å². The van der Waals surface area contributed by atoms with Crippen molar-refractivity contribution in [3.05, 3.63) is 0 Å². The molecule has 1 aliphatic heterocycles.